The van der Waals surface area contributed by atoms with E-state index in [4.69, 9.17) is 5.73 Å². The number of amides is 1. The number of nitrogens with two attached hydrogens (primary N) is 1. The summed E-state index contributed by atoms with van der Waals surface area (Å²) in [4.78, 5) is 13.4. The highest BCUT2D eigenvalue weighted by Crippen LogP contribution is 2.30. The van der Waals surface area contributed by atoms with Crippen molar-refractivity contribution in [1.29, 1.82) is 0 Å². The number of fused-ring (bicyclic) bond motifs is 1. The fourth-order valence-corrected chi connectivity index (χ4v) is 3.42. The van der Waals surface area contributed by atoms with Crippen molar-refractivity contribution in [3.05, 3.63) is 23.8 Å². The Morgan fingerprint density at radius 1 is 1.45 bits per heavy atom. The van der Waals surface area contributed by atoms with E-state index in [9.17, 15) is 13.2 Å². The SMILES string of the molecule is CC(=O)N1CCc2ccc(S(=O)(=O)NCCC(C)N)cc21.Cl. The topological polar surface area (TPSA) is 92.5 Å². The molecule has 124 valence electrons. The van der Waals surface area contributed by atoms with Crippen LogP contribution >= 0.6 is 12.4 Å². The molecule has 1 aromatic rings. The third-order valence-corrected chi connectivity index (χ3v) is 4.99. The molecular formula is C14H22ClN3O3S. The summed E-state index contributed by atoms with van der Waals surface area (Å²) in [6.07, 6.45) is 1.33. The lowest BCUT2D eigenvalue weighted by molar-refractivity contribution is -0.116. The van der Waals surface area contributed by atoms with Gasteiger partial charge in [0, 0.05) is 31.7 Å². The molecular weight excluding hydrogens is 326 g/mol. The van der Waals surface area contributed by atoms with Crippen LogP contribution in [-0.4, -0.2) is 33.5 Å². The molecule has 0 bridgehead atoms. The molecule has 1 aliphatic heterocycles. The zero-order chi connectivity index (χ0) is 15.6. The highest BCUT2D eigenvalue weighted by molar-refractivity contribution is 7.89. The largest absolute Gasteiger partial charge is 0.328 e. The summed E-state index contributed by atoms with van der Waals surface area (Å²) in [5.74, 6) is -0.0757. The smallest absolute Gasteiger partial charge is 0.240 e. The van der Waals surface area contributed by atoms with E-state index in [0.717, 1.165) is 12.0 Å². The quantitative estimate of drug-likeness (QED) is 0.832. The maximum Gasteiger partial charge on any atom is 0.240 e. The molecule has 0 spiro atoms. The number of hydrogen-bond donors (Lipinski definition) is 2. The molecule has 3 N–H and O–H groups in total. The van der Waals surface area contributed by atoms with Crippen LogP contribution in [-0.2, 0) is 21.2 Å². The van der Waals surface area contributed by atoms with Crippen LogP contribution in [0.15, 0.2) is 23.1 Å². The lowest BCUT2D eigenvalue weighted by Crippen LogP contribution is -2.29. The first-order valence-corrected chi connectivity index (χ1v) is 8.46. The molecule has 0 saturated carbocycles. The number of carbonyl (C=O) groups excluding carboxylic acids is 1. The van der Waals surface area contributed by atoms with Crippen LogP contribution < -0.4 is 15.4 Å². The van der Waals surface area contributed by atoms with Gasteiger partial charge >= 0.3 is 0 Å². The Morgan fingerprint density at radius 2 is 2.14 bits per heavy atom. The van der Waals surface area contributed by atoms with Crippen LogP contribution in [0.4, 0.5) is 5.69 Å². The number of benzene rings is 1. The third kappa shape index (κ3) is 4.19. The minimum Gasteiger partial charge on any atom is -0.328 e. The van der Waals surface area contributed by atoms with Gasteiger partial charge in [0.2, 0.25) is 15.9 Å². The van der Waals surface area contributed by atoms with Gasteiger partial charge in [0.1, 0.15) is 0 Å². The van der Waals surface area contributed by atoms with E-state index in [2.05, 4.69) is 4.72 Å². The second-order valence-corrected chi connectivity index (χ2v) is 7.14. The van der Waals surface area contributed by atoms with Crippen molar-refractivity contribution in [3.63, 3.8) is 0 Å². The van der Waals surface area contributed by atoms with Gasteiger partial charge in [-0.05, 0) is 37.5 Å². The second-order valence-electron chi connectivity index (χ2n) is 5.37. The number of anilines is 1. The van der Waals surface area contributed by atoms with Crippen LogP contribution in [0.3, 0.4) is 0 Å². The van der Waals surface area contributed by atoms with Gasteiger partial charge in [-0.1, -0.05) is 6.07 Å². The first-order valence-electron chi connectivity index (χ1n) is 6.97. The Labute approximate surface area is 137 Å². The summed E-state index contributed by atoms with van der Waals surface area (Å²) >= 11 is 0. The lowest BCUT2D eigenvalue weighted by Gasteiger charge is -2.16. The molecule has 0 aliphatic carbocycles. The molecule has 2 rings (SSSR count). The number of nitrogens with zero attached hydrogens (tertiary/aromatic N) is 1. The molecule has 1 aromatic carbocycles. The lowest BCUT2D eigenvalue weighted by atomic mass is 10.2. The van der Waals surface area contributed by atoms with Crippen molar-refractivity contribution >= 4 is 34.0 Å². The molecule has 0 fully saturated rings. The van der Waals surface area contributed by atoms with E-state index in [-0.39, 0.29) is 29.3 Å². The van der Waals surface area contributed by atoms with E-state index < -0.39 is 10.0 Å². The molecule has 1 heterocycles. The number of rotatable bonds is 5. The normalized spacial score (nSPS) is 15.1. The number of nitrogens with one attached hydrogen (secondary N) is 1. The Hall–Kier alpha value is -1.15. The molecule has 0 saturated heterocycles. The van der Waals surface area contributed by atoms with Crippen LogP contribution in [0.1, 0.15) is 25.8 Å². The number of sulfonamides is 1. The van der Waals surface area contributed by atoms with E-state index in [0.29, 0.717) is 25.2 Å². The molecule has 1 aliphatic rings. The number of carbonyl (C=O) groups is 1. The Bertz CT molecular complexity index is 647. The van der Waals surface area contributed by atoms with Gasteiger partial charge in [0.15, 0.2) is 0 Å². The molecule has 0 radical (unpaired) electrons. The van der Waals surface area contributed by atoms with Crippen LogP contribution in [0.5, 0.6) is 0 Å². The van der Waals surface area contributed by atoms with Gasteiger partial charge in [0.25, 0.3) is 0 Å². The Morgan fingerprint density at radius 3 is 2.73 bits per heavy atom. The average Bonchev–Trinajstić information content (AvgIpc) is 2.80. The highest BCUT2D eigenvalue weighted by Gasteiger charge is 2.24. The maximum absolute atomic E-state index is 12.2. The highest BCUT2D eigenvalue weighted by atomic mass is 35.5. The van der Waals surface area contributed by atoms with Gasteiger partial charge in [-0.25, -0.2) is 13.1 Å². The first-order chi connectivity index (χ1) is 9.81. The van der Waals surface area contributed by atoms with Crippen molar-refractivity contribution in [1.82, 2.24) is 4.72 Å². The summed E-state index contributed by atoms with van der Waals surface area (Å²) in [6, 6.07) is 4.87. The molecule has 22 heavy (non-hydrogen) atoms. The van der Waals surface area contributed by atoms with E-state index >= 15 is 0 Å². The van der Waals surface area contributed by atoms with Crippen LogP contribution in [0.25, 0.3) is 0 Å². The van der Waals surface area contributed by atoms with Crippen LogP contribution in [0.2, 0.25) is 0 Å². The Balaban J connectivity index is 0.00000242. The van der Waals surface area contributed by atoms with Crippen molar-refractivity contribution < 1.29 is 13.2 Å². The van der Waals surface area contributed by atoms with E-state index in [1.807, 2.05) is 6.92 Å². The predicted molar refractivity (Wildman–Crippen MR) is 88.9 cm³/mol. The van der Waals surface area contributed by atoms with E-state index in [1.165, 1.54) is 6.92 Å². The summed E-state index contributed by atoms with van der Waals surface area (Å²) in [7, 11) is -3.57. The molecule has 1 unspecified atom stereocenters. The minimum atomic E-state index is -3.57. The zero-order valence-electron chi connectivity index (χ0n) is 12.7. The predicted octanol–water partition coefficient (Wildman–Crippen LogP) is 1.03. The van der Waals surface area contributed by atoms with Gasteiger partial charge < -0.3 is 10.6 Å². The zero-order valence-corrected chi connectivity index (χ0v) is 14.3. The summed E-state index contributed by atoms with van der Waals surface area (Å²) in [5.41, 5.74) is 7.30. The van der Waals surface area contributed by atoms with Crippen molar-refractivity contribution in [3.8, 4) is 0 Å². The fourth-order valence-electron chi connectivity index (χ4n) is 2.36. The van der Waals surface area contributed by atoms with Gasteiger partial charge in [-0.2, -0.15) is 0 Å². The molecule has 8 heteroatoms. The third-order valence-electron chi connectivity index (χ3n) is 3.53. The molecule has 6 nitrogen and oxygen atoms in total. The van der Waals surface area contributed by atoms with E-state index in [1.54, 1.807) is 23.1 Å². The maximum atomic E-state index is 12.2. The minimum absolute atomic E-state index is 0. The van der Waals surface area contributed by atoms with Gasteiger partial charge in [0.05, 0.1) is 4.90 Å². The number of halogens is 1. The van der Waals surface area contributed by atoms with Gasteiger partial charge in [-0.15, -0.1) is 12.4 Å². The van der Waals surface area contributed by atoms with Crippen LogP contribution in [0, 0.1) is 0 Å². The monoisotopic (exact) mass is 347 g/mol. The number of hydrogen-bond acceptors (Lipinski definition) is 4. The van der Waals surface area contributed by atoms with Crippen molar-refractivity contribution in [2.75, 3.05) is 18.0 Å². The second kappa shape index (κ2) is 7.41. The first kappa shape index (κ1) is 18.9. The summed E-state index contributed by atoms with van der Waals surface area (Å²) in [6.45, 7) is 4.21. The van der Waals surface area contributed by atoms with Crippen molar-refractivity contribution in [2.45, 2.75) is 37.6 Å². The molecule has 0 aromatic heterocycles. The summed E-state index contributed by atoms with van der Waals surface area (Å²) < 4.78 is 27.0. The standard InChI is InChI=1S/C14H21N3O3S.ClH/c1-10(15)5-7-16-21(19,20)13-4-3-12-6-8-17(11(2)18)14(12)9-13;/h3-4,9-10,16H,5-8,15H2,1-2H3;1H. The van der Waals surface area contributed by atoms with Crippen molar-refractivity contribution in [2.24, 2.45) is 5.73 Å². The summed E-state index contributed by atoms with van der Waals surface area (Å²) in [5, 5.41) is 0. The van der Waals surface area contributed by atoms with Gasteiger partial charge in [-0.3, -0.25) is 4.79 Å². The molecule has 1 amide bonds. The average molecular weight is 348 g/mol. The Kier molecular flexibility index (Phi) is 6.37. The fraction of sp³-hybridized carbons (Fsp3) is 0.500. The molecule has 1 atom stereocenters.